The molecule has 0 aliphatic rings. The van der Waals surface area contributed by atoms with Gasteiger partial charge in [-0.05, 0) is 24.1 Å². The molecule has 5 nitrogen and oxygen atoms in total. The molecule has 25 heavy (non-hydrogen) atoms. The molecule has 2 N–H and O–H groups in total. The van der Waals surface area contributed by atoms with Gasteiger partial charge in [-0.25, -0.2) is 9.78 Å². The van der Waals surface area contributed by atoms with E-state index in [9.17, 15) is 4.79 Å². The minimum atomic E-state index is -0.267. The number of aromatic nitrogens is 1. The predicted molar refractivity (Wildman–Crippen MR) is 99.4 cm³/mol. The predicted octanol–water partition coefficient (Wildman–Crippen LogP) is 4.05. The molecule has 2 amide bonds. The number of carbonyl (C=O) groups is 1. The summed E-state index contributed by atoms with van der Waals surface area (Å²) in [5, 5.41) is 16.8. The van der Waals surface area contributed by atoms with E-state index in [-0.39, 0.29) is 6.03 Å². The van der Waals surface area contributed by atoms with E-state index in [0.29, 0.717) is 17.2 Å². The lowest BCUT2D eigenvalue weighted by molar-refractivity contribution is 0.252. The molecule has 0 fully saturated rings. The van der Waals surface area contributed by atoms with Gasteiger partial charge in [0.05, 0.1) is 17.3 Å². The molecule has 3 rings (SSSR count). The van der Waals surface area contributed by atoms with Crippen molar-refractivity contribution >= 4 is 22.5 Å². The van der Waals surface area contributed by atoms with Gasteiger partial charge in [0.1, 0.15) is 0 Å². The van der Waals surface area contributed by atoms with Crippen LogP contribution >= 0.6 is 11.3 Å². The Kier molecular flexibility index (Phi) is 5.39. The Labute approximate surface area is 150 Å². The normalized spacial score (nSPS) is 10.0. The van der Waals surface area contributed by atoms with Crippen molar-refractivity contribution in [2.75, 3.05) is 11.9 Å². The first-order chi connectivity index (χ1) is 12.2. The summed E-state index contributed by atoms with van der Waals surface area (Å²) in [5.74, 6) is 0. The van der Waals surface area contributed by atoms with E-state index in [1.54, 1.807) is 12.1 Å². The first-order valence-electron chi connectivity index (χ1n) is 7.79. The minimum absolute atomic E-state index is 0.267. The molecule has 1 heterocycles. The van der Waals surface area contributed by atoms with Crippen molar-refractivity contribution in [3.8, 4) is 17.3 Å². The van der Waals surface area contributed by atoms with Crippen LogP contribution in [0.3, 0.4) is 0 Å². The first-order valence-corrected chi connectivity index (χ1v) is 8.67. The van der Waals surface area contributed by atoms with Gasteiger partial charge in [0, 0.05) is 17.5 Å². The Bertz CT molecular complexity index is 882. The molecule has 6 heteroatoms. The molecule has 0 aliphatic carbocycles. The molecule has 0 bridgehead atoms. The number of rotatable bonds is 5. The number of anilines is 1. The smallest absolute Gasteiger partial charge is 0.321 e. The highest BCUT2D eigenvalue weighted by Gasteiger charge is 2.08. The molecular formula is C19H16N4OS. The number of carbonyl (C=O) groups excluding carboxylic acids is 1. The van der Waals surface area contributed by atoms with Gasteiger partial charge in [0.15, 0.2) is 5.13 Å². The summed E-state index contributed by atoms with van der Waals surface area (Å²) in [6.07, 6.45) is 0.780. The average molecular weight is 348 g/mol. The molecule has 0 aliphatic heterocycles. The van der Waals surface area contributed by atoms with E-state index in [0.717, 1.165) is 17.7 Å². The Morgan fingerprint density at radius 1 is 1.12 bits per heavy atom. The highest BCUT2D eigenvalue weighted by atomic mass is 32.1. The van der Waals surface area contributed by atoms with Gasteiger partial charge < -0.3 is 5.32 Å². The third-order valence-electron chi connectivity index (χ3n) is 3.58. The van der Waals surface area contributed by atoms with E-state index in [1.807, 2.05) is 47.8 Å². The standard InChI is InChI=1S/C19H16N4OS/c20-12-15-6-8-16(9-7-15)17-13-25-19(22-17)23-18(24)21-11-10-14-4-2-1-3-5-14/h1-9,13H,10-11H2,(H2,21,22,23,24). The second kappa shape index (κ2) is 8.08. The van der Waals surface area contributed by atoms with E-state index < -0.39 is 0 Å². The molecule has 0 saturated carbocycles. The average Bonchev–Trinajstić information content (AvgIpc) is 3.11. The van der Waals surface area contributed by atoms with Crippen LogP contribution in [0.4, 0.5) is 9.93 Å². The summed E-state index contributed by atoms with van der Waals surface area (Å²) >= 11 is 1.36. The maximum absolute atomic E-state index is 11.9. The Morgan fingerprint density at radius 2 is 1.88 bits per heavy atom. The van der Waals surface area contributed by atoms with Crippen molar-refractivity contribution in [1.82, 2.24) is 10.3 Å². The number of nitrogens with zero attached hydrogens (tertiary/aromatic N) is 2. The molecule has 0 unspecified atom stereocenters. The molecule has 0 spiro atoms. The largest absolute Gasteiger partial charge is 0.337 e. The minimum Gasteiger partial charge on any atom is -0.337 e. The van der Waals surface area contributed by atoms with E-state index in [1.165, 1.54) is 16.9 Å². The fourth-order valence-electron chi connectivity index (χ4n) is 2.29. The lowest BCUT2D eigenvalue weighted by Crippen LogP contribution is -2.30. The van der Waals surface area contributed by atoms with E-state index in [4.69, 9.17) is 5.26 Å². The monoisotopic (exact) mass is 348 g/mol. The van der Waals surface area contributed by atoms with Crippen LogP contribution in [0.2, 0.25) is 0 Å². The SMILES string of the molecule is N#Cc1ccc(-c2csc(NC(=O)NCCc3ccccc3)n2)cc1. The lowest BCUT2D eigenvalue weighted by Gasteiger charge is -2.05. The van der Waals surface area contributed by atoms with Crippen molar-refractivity contribution in [3.63, 3.8) is 0 Å². The highest BCUT2D eigenvalue weighted by molar-refractivity contribution is 7.14. The van der Waals surface area contributed by atoms with Crippen LogP contribution in [0, 0.1) is 11.3 Å². The number of hydrogen-bond donors (Lipinski definition) is 2. The van der Waals surface area contributed by atoms with Crippen LogP contribution in [-0.2, 0) is 6.42 Å². The summed E-state index contributed by atoms with van der Waals surface area (Å²) in [6, 6.07) is 19.0. The van der Waals surface area contributed by atoms with Gasteiger partial charge in [0.2, 0.25) is 0 Å². The van der Waals surface area contributed by atoms with Gasteiger partial charge in [-0.2, -0.15) is 5.26 Å². The highest BCUT2D eigenvalue weighted by Crippen LogP contribution is 2.25. The van der Waals surface area contributed by atoms with E-state index in [2.05, 4.69) is 21.7 Å². The van der Waals surface area contributed by atoms with Crippen molar-refractivity contribution in [3.05, 3.63) is 71.1 Å². The van der Waals surface area contributed by atoms with Gasteiger partial charge in [-0.3, -0.25) is 5.32 Å². The number of thiazole rings is 1. The molecule has 124 valence electrons. The first kappa shape index (κ1) is 16.7. The zero-order valence-corrected chi connectivity index (χ0v) is 14.2. The van der Waals surface area contributed by atoms with Crippen LogP contribution < -0.4 is 10.6 Å². The maximum atomic E-state index is 11.9. The summed E-state index contributed by atoms with van der Waals surface area (Å²) in [5.41, 5.74) is 3.47. The van der Waals surface area contributed by atoms with Crippen LogP contribution in [0.15, 0.2) is 60.0 Å². The van der Waals surface area contributed by atoms with Gasteiger partial charge in [-0.1, -0.05) is 42.5 Å². The Hall–Kier alpha value is -3.17. The van der Waals surface area contributed by atoms with Crippen molar-refractivity contribution in [1.29, 1.82) is 5.26 Å². The Balaban J connectivity index is 1.52. The van der Waals surface area contributed by atoms with Gasteiger partial charge in [-0.15, -0.1) is 11.3 Å². The topological polar surface area (TPSA) is 77.8 Å². The summed E-state index contributed by atoms with van der Waals surface area (Å²) in [6.45, 7) is 0.559. The van der Waals surface area contributed by atoms with Gasteiger partial charge >= 0.3 is 6.03 Å². The number of hydrogen-bond acceptors (Lipinski definition) is 4. The summed E-state index contributed by atoms with van der Waals surface area (Å²) in [7, 11) is 0. The summed E-state index contributed by atoms with van der Waals surface area (Å²) < 4.78 is 0. The molecule has 3 aromatic rings. The molecule has 0 radical (unpaired) electrons. The van der Waals surface area contributed by atoms with Gasteiger partial charge in [0.25, 0.3) is 0 Å². The number of amides is 2. The fraction of sp³-hybridized carbons (Fsp3) is 0.105. The second-order valence-electron chi connectivity index (χ2n) is 5.34. The molecule has 1 aromatic heterocycles. The zero-order valence-electron chi connectivity index (χ0n) is 13.4. The quantitative estimate of drug-likeness (QED) is 0.730. The summed E-state index contributed by atoms with van der Waals surface area (Å²) in [4.78, 5) is 16.3. The number of nitriles is 1. The third kappa shape index (κ3) is 4.66. The van der Waals surface area contributed by atoms with E-state index >= 15 is 0 Å². The maximum Gasteiger partial charge on any atom is 0.321 e. The van der Waals surface area contributed by atoms with Crippen molar-refractivity contribution in [2.24, 2.45) is 0 Å². The number of nitrogens with one attached hydrogen (secondary N) is 2. The van der Waals surface area contributed by atoms with Crippen LogP contribution in [-0.4, -0.2) is 17.6 Å². The van der Waals surface area contributed by atoms with Crippen LogP contribution in [0.1, 0.15) is 11.1 Å². The fourth-order valence-corrected chi connectivity index (χ4v) is 3.00. The van der Waals surface area contributed by atoms with Crippen LogP contribution in [0.5, 0.6) is 0 Å². The number of urea groups is 1. The van der Waals surface area contributed by atoms with Crippen molar-refractivity contribution in [2.45, 2.75) is 6.42 Å². The zero-order chi connectivity index (χ0) is 17.5. The molecule has 2 aromatic carbocycles. The molecular weight excluding hydrogens is 332 g/mol. The van der Waals surface area contributed by atoms with Crippen molar-refractivity contribution < 1.29 is 4.79 Å². The number of benzene rings is 2. The second-order valence-corrected chi connectivity index (χ2v) is 6.20. The lowest BCUT2D eigenvalue weighted by atomic mass is 10.1. The third-order valence-corrected chi connectivity index (χ3v) is 4.33. The molecule has 0 atom stereocenters. The Morgan fingerprint density at radius 3 is 2.60 bits per heavy atom. The van der Waals surface area contributed by atoms with Crippen LogP contribution in [0.25, 0.3) is 11.3 Å². The molecule has 0 saturated heterocycles.